The molecule has 0 spiro atoms. The lowest BCUT2D eigenvalue weighted by Gasteiger charge is -2.26. The van der Waals surface area contributed by atoms with Crippen molar-refractivity contribution >= 4 is 76.9 Å². The summed E-state index contributed by atoms with van der Waals surface area (Å²) in [5, 5.41) is 9.83. The molecule has 0 unspecified atom stereocenters. The molecule has 0 saturated heterocycles. The molecular weight excluding hydrogens is 691 g/mol. The van der Waals surface area contributed by atoms with Gasteiger partial charge in [0.15, 0.2) is 0 Å². The number of para-hydroxylation sites is 2. The summed E-state index contributed by atoms with van der Waals surface area (Å²) >= 11 is 0. The second-order valence-electron chi connectivity index (χ2n) is 14.8. The summed E-state index contributed by atoms with van der Waals surface area (Å²) in [6.45, 7) is 0. The van der Waals surface area contributed by atoms with E-state index < -0.39 is 0 Å². The van der Waals surface area contributed by atoms with Crippen LogP contribution in [0.3, 0.4) is 0 Å². The van der Waals surface area contributed by atoms with Crippen molar-refractivity contribution in [2.24, 2.45) is 0 Å². The number of nitrogens with zero attached hydrogens (tertiary/aromatic N) is 1. The number of hydrogen-bond acceptors (Lipinski definition) is 2. The van der Waals surface area contributed by atoms with Crippen LogP contribution < -0.4 is 4.90 Å². The first-order chi connectivity index (χ1) is 28.3. The van der Waals surface area contributed by atoms with E-state index in [4.69, 9.17) is 4.42 Å². The molecule has 0 aliphatic heterocycles. The summed E-state index contributed by atoms with van der Waals surface area (Å²) < 4.78 is 6.82. The zero-order valence-electron chi connectivity index (χ0n) is 31.3. The van der Waals surface area contributed by atoms with Gasteiger partial charge in [-0.1, -0.05) is 176 Å². The van der Waals surface area contributed by atoms with Crippen LogP contribution in [0.2, 0.25) is 0 Å². The Kier molecular flexibility index (Phi) is 7.93. The number of allylic oxidation sites excluding steroid dienone is 6. The molecule has 0 N–H and O–H groups in total. The third-order valence-corrected chi connectivity index (χ3v) is 11.5. The third kappa shape index (κ3) is 5.65. The Morgan fingerprint density at radius 3 is 1.54 bits per heavy atom. The summed E-state index contributed by atoms with van der Waals surface area (Å²) in [4.78, 5) is 2.37. The van der Waals surface area contributed by atoms with Gasteiger partial charge < -0.3 is 9.32 Å². The van der Waals surface area contributed by atoms with Gasteiger partial charge in [-0.3, -0.25) is 0 Å². The average Bonchev–Trinajstić information content (AvgIpc) is 3.46. The number of hydrogen-bond donors (Lipinski definition) is 0. The summed E-state index contributed by atoms with van der Waals surface area (Å²) in [5.74, 6) is 0. The van der Waals surface area contributed by atoms with Gasteiger partial charge in [0.1, 0.15) is 11.2 Å². The van der Waals surface area contributed by atoms with Gasteiger partial charge in [-0.2, -0.15) is 0 Å². The molecule has 0 amide bonds. The molecule has 2 heteroatoms. The zero-order valence-corrected chi connectivity index (χ0v) is 31.3. The summed E-state index contributed by atoms with van der Waals surface area (Å²) in [6.07, 6.45) is 11.8. The van der Waals surface area contributed by atoms with Crippen molar-refractivity contribution in [1.82, 2.24) is 0 Å². The van der Waals surface area contributed by atoms with Gasteiger partial charge >= 0.3 is 0 Å². The minimum Gasteiger partial charge on any atom is -0.455 e. The van der Waals surface area contributed by atoms with E-state index in [1.54, 1.807) is 0 Å². The molecule has 1 aliphatic carbocycles. The van der Waals surface area contributed by atoms with Gasteiger partial charge in [0.25, 0.3) is 0 Å². The van der Waals surface area contributed by atoms with Gasteiger partial charge in [0.2, 0.25) is 0 Å². The molecule has 1 aliphatic rings. The fourth-order valence-corrected chi connectivity index (χ4v) is 8.74. The number of fused-ring (bicyclic) bond motifs is 9. The molecule has 0 radical (unpaired) electrons. The van der Waals surface area contributed by atoms with Crippen LogP contribution in [-0.2, 0) is 0 Å². The van der Waals surface area contributed by atoms with E-state index in [1.165, 1.54) is 43.4 Å². The number of anilines is 3. The quantitative estimate of drug-likeness (QED) is 0.159. The van der Waals surface area contributed by atoms with Crippen LogP contribution in [0.1, 0.15) is 12.0 Å². The first-order valence-electron chi connectivity index (χ1n) is 19.7. The van der Waals surface area contributed by atoms with Crippen LogP contribution in [-0.4, -0.2) is 0 Å². The van der Waals surface area contributed by atoms with Gasteiger partial charge in [-0.05, 0) is 97.4 Å². The highest BCUT2D eigenvalue weighted by Gasteiger charge is 2.19. The van der Waals surface area contributed by atoms with E-state index in [-0.39, 0.29) is 0 Å². The van der Waals surface area contributed by atoms with E-state index in [0.717, 1.165) is 67.7 Å². The Morgan fingerprint density at radius 2 is 0.877 bits per heavy atom. The predicted octanol–water partition coefficient (Wildman–Crippen LogP) is 15.7. The van der Waals surface area contributed by atoms with Crippen LogP contribution in [0.4, 0.5) is 17.1 Å². The Morgan fingerprint density at radius 1 is 0.368 bits per heavy atom. The van der Waals surface area contributed by atoms with Crippen molar-refractivity contribution in [3.8, 4) is 22.3 Å². The van der Waals surface area contributed by atoms with Gasteiger partial charge in [0, 0.05) is 39.0 Å². The topological polar surface area (TPSA) is 16.4 Å². The molecule has 0 fully saturated rings. The van der Waals surface area contributed by atoms with Crippen LogP contribution >= 0.6 is 0 Å². The van der Waals surface area contributed by atoms with E-state index >= 15 is 0 Å². The van der Waals surface area contributed by atoms with Crippen LogP contribution in [0.5, 0.6) is 0 Å². The van der Waals surface area contributed by atoms with Gasteiger partial charge in [-0.15, -0.1) is 0 Å². The standard InChI is InChI=1S/C55H37NO/c1-2-5-17-39(16-4-1)44-22-12-24-51-52-25-13-23-45(55(52)57-54(44)51)40-28-32-42(33-29-40)56(41-30-26-38(27-31-41)37-14-6-3-7-15-37)43-34-35-50-48-20-9-8-18-46(48)47-19-10-11-21-49(47)53(50)36-43/h1,3-36H,2H2. The van der Waals surface area contributed by atoms with Crippen molar-refractivity contribution < 1.29 is 4.42 Å². The van der Waals surface area contributed by atoms with E-state index in [0.29, 0.717) is 0 Å². The maximum absolute atomic E-state index is 6.82. The number of benzene rings is 9. The monoisotopic (exact) mass is 727 g/mol. The maximum Gasteiger partial charge on any atom is 0.143 e. The Hall–Kier alpha value is -7.42. The SMILES string of the molecule is C1=CCC=CC(c2cccc3c2oc2c(-c4ccc(N(c5ccc(-c6ccccc6)cc5)c5ccc6c7ccccc7c7ccccc7c6c5)cc4)cccc23)=C1. The molecule has 0 saturated carbocycles. The summed E-state index contributed by atoms with van der Waals surface area (Å²) in [6, 6.07) is 65.9. The van der Waals surface area contributed by atoms with Crippen molar-refractivity contribution in [1.29, 1.82) is 0 Å². The van der Waals surface area contributed by atoms with Crippen LogP contribution in [0.25, 0.3) is 82.1 Å². The molecule has 11 rings (SSSR count). The molecule has 1 aromatic heterocycles. The molecule has 2 nitrogen and oxygen atoms in total. The minimum absolute atomic E-state index is 0.906. The molecule has 268 valence electrons. The molecule has 57 heavy (non-hydrogen) atoms. The van der Waals surface area contributed by atoms with Crippen molar-refractivity contribution in [2.45, 2.75) is 6.42 Å². The fraction of sp³-hybridized carbons (Fsp3) is 0.0182. The van der Waals surface area contributed by atoms with E-state index in [1.807, 2.05) is 0 Å². The Bertz CT molecular complexity index is 3200. The molecule has 10 aromatic rings. The lowest BCUT2D eigenvalue weighted by molar-refractivity contribution is 0.669. The van der Waals surface area contributed by atoms with Crippen LogP contribution in [0, 0.1) is 0 Å². The predicted molar refractivity (Wildman–Crippen MR) is 243 cm³/mol. The largest absolute Gasteiger partial charge is 0.455 e. The van der Waals surface area contributed by atoms with Gasteiger partial charge in [-0.25, -0.2) is 0 Å². The Labute approximate surface area is 331 Å². The summed E-state index contributed by atoms with van der Waals surface area (Å²) in [5.41, 5.74) is 11.9. The lowest BCUT2D eigenvalue weighted by Crippen LogP contribution is -2.10. The third-order valence-electron chi connectivity index (χ3n) is 11.5. The molecule has 0 atom stereocenters. The second-order valence-corrected chi connectivity index (χ2v) is 14.8. The molecule has 0 bridgehead atoms. The highest BCUT2D eigenvalue weighted by atomic mass is 16.3. The molecule has 1 heterocycles. The first-order valence-corrected chi connectivity index (χ1v) is 19.7. The second kappa shape index (κ2) is 13.7. The highest BCUT2D eigenvalue weighted by molar-refractivity contribution is 6.26. The van der Waals surface area contributed by atoms with Crippen molar-refractivity contribution in [2.75, 3.05) is 4.90 Å². The first kappa shape index (κ1) is 33.0. The maximum atomic E-state index is 6.82. The van der Waals surface area contributed by atoms with Crippen molar-refractivity contribution in [3.05, 3.63) is 218 Å². The average molecular weight is 728 g/mol. The Balaban J connectivity index is 1.05. The smallest absolute Gasteiger partial charge is 0.143 e. The molecule has 9 aromatic carbocycles. The summed E-state index contributed by atoms with van der Waals surface area (Å²) in [7, 11) is 0. The minimum atomic E-state index is 0.906. The fourth-order valence-electron chi connectivity index (χ4n) is 8.74. The van der Waals surface area contributed by atoms with Gasteiger partial charge in [0.05, 0.1) is 0 Å². The number of rotatable bonds is 6. The van der Waals surface area contributed by atoms with Crippen LogP contribution in [0.15, 0.2) is 217 Å². The van der Waals surface area contributed by atoms with E-state index in [9.17, 15) is 0 Å². The highest BCUT2D eigenvalue weighted by Crippen LogP contribution is 2.43. The normalized spacial score (nSPS) is 12.8. The molecular formula is C55H37NO. The van der Waals surface area contributed by atoms with E-state index in [2.05, 4.69) is 217 Å². The lowest BCUT2D eigenvalue weighted by atomic mass is 9.94. The number of furan rings is 1. The zero-order chi connectivity index (χ0) is 37.7. The van der Waals surface area contributed by atoms with Crippen molar-refractivity contribution in [3.63, 3.8) is 0 Å².